The van der Waals surface area contributed by atoms with Crippen LogP contribution in [0.4, 0.5) is 10.5 Å². The Morgan fingerprint density at radius 3 is 2.95 bits per heavy atom. The van der Waals surface area contributed by atoms with E-state index in [0.29, 0.717) is 0 Å². The SMILES string of the molecule is O=C(CSC1=Nc2ccccc2CS1)NC(=O)NC1CC1. The summed E-state index contributed by atoms with van der Waals surface area (Å²) in [6.07, 6.45) is 2.01. The van der Waals surface area contributed by atoms with Crippen molar-refractivity contribution in [3.05, 3.63) is 29.8 Å². The Morgan fingerprint density at radius 1 is 1.33 bits per heavy atom. The minimum atomic E-state index is -0.397. The number of hydrogen-bond donors (Lipinski definition) is 2. The van der Waals surface area contributed by atoms with Crippen LogP contribution in [0, 0.1) is 0 Å². The smallest absolute Gasteiger partial charge is 0.321 e. The molecule has 3 rings (SSSR count). The predicted octanol–water partition coefficient (Wildman–Crippen LogP) is 2.64. The number of urea groups is 1. The lowest BCUT2D eigenvalue weighted by Crippen LogP contribution is -2.41. The van der Waals surface area contributed by atoms with Crippen LogP contribution in [0.25, 0.3) is 0 Å². The maximum Gasteiger partial charge on any atom is 0.321 e. The molecule has 1 saturated carbocycles. The molecule has 3 amide bonds. The van der Waals surface area contributed by atoms with E-state index in [2.05, 4.69) is 21.7 Å². The zero-order chi connectivity index (χ0) is 14.7. The molecule has 0 atom stereocenters. The average molecular weight is 321 g/mol. The summed E-state index contributed by atoms with van der Waals surface area (Å²) in [6, 6.07) is 7.84. The maximum atomic E-state index is 11.7. The highest BCUT2D eigenvalue weighted by Crippen LogP contribution is 2.34. The van der Waals surface area contributed by atoms with Crippen LogP contribution >= 0.6 is 23.5 Å². The van der Waals surface area contributed by atoms with E-state index in [1.807, 2.05) is 18.2 Å². The van der Waals surface area contributed by atoms with Crippen LogP contribution in [-0.4, -0.2) is 28.1 Å². The molecule has 7 heteroatoms. The van der Waals surface area contributed by atoms with Crippen LogP contribution in [0.15, 0.2) is 29.3 Å². The van der Waals surface area contributed by atoms with Crippen LogP contribution in [0.3, 0.4) is 0 Å². The molecule has 1 aromatic rings. The quantitative estimate of drug-likeness (QED) is 0.898. The number of benzene rings is 1. The van der Waals surface area contributed by atoms with E-state index in [0.717, 1.165) is 28.7 Å². The lowest BCUT2D eigenvalue weighted by Gasteiger charge is -2.14. The van der Waals surface area contributed by atoms with Crippen molar-refractivity contribution in [2.45, 2.75) is 24.6 Å². The van der Waals surface area contributed by atoms with Crippen molar-refractivity contribution < 1.29 is 9.59 Å². The zero-order valence-corrected chi connectivity index (χ0v) is 12.9. The Balaban J connectivity index is 1.47. The molecular weight excluding hydrogens is 306 g/mol. The molecule has 0 unspecified atom stereocenters. The minimum absolute atomic E-state index is 0.200. The number of thioether (sulfide) groups is 2. The van der Waals surface area contributed by atoms with Gasteiger partial charge in [-0.2, -0.15) is 0 Å². The fourth-order valence-corrected chi connectivity index (χ4v) is 3.69. The van der Waals surface area contributed by atoms with E-state index in [1.165, 1.54) is 17.3 Å². The second kappa shape index (κ2) is 6.53. The Hall–Kier alpha value is -1.47. The fourth-order valence-electron chi connectivity index (χ4n) is 1.83. The molecule has 21 heavy (non-hydrogen) atoms. The maximum absolute atomic E-state index is 11.7. The van der Waals surface area contributed by atoms with Crippen molar-refractivity contribution >= 4 is 45.5 Å². The molecule has 1 fully saturated rings. The van der Waals surface area contributed by atoms with E-state index in [9.17, 15) is 9.59 Å². The Bertz CT molecular complexity index is 600. The van der Waals surface area contributed by atoms with Gasteiger partial charge in [0.15, 0.2) is 0 Å². The first-order valence-electron chi connectivity index (χ1n) is 6.73. The van der Waals surface area contributed by atoms with Gasteiger partial charge < -0.3 is 5.32 Å². The van der Waals surface area contributed by atoms with Gasteiger partial charge in [-0.25, -0.2) is 9.79 Å². The number of imide groups is 1. The minimum Gasteiger partial charge on any atom is -0.335 e. The van der Waals surface area contributed by atoms with Gasteiger partial charge in [0.2, 0.25) is 5.91 Å². The van der Waals surface area contributed by atoms with Crippen molar-refractivity contribution in [3.63, 3.8) is 0 Å². The van der Waals surface area contributed by atoms with E-state index in [-0.39, 0.29) is 17.7 Å². The second-order valence-corrected chi connectivity index (χ2v) is 7.07. The number of nitrogens with zero attached hydrogens (tertiary/aromatic N) is 1. The number of fused-ring (bicyclic) bond motifs is 1. The molecule has 1 aliphatic heterocycles. The van der Waals surface area contributed by atoms with Crippen LogP contribution < -0.4 is 10.6 Å². The van der Waals surface area contributed by atoms with Crippen LogP contribution in [0.1, 0.15) is 18.4 Å². The fraction of sp³-hybridized carbons (Fsp3) is 0.357. The summed E-state index contributed by atoms with van der Waals surface area (Å²) in [5.74, 6) is 0.776. The van der Waals surface area contributed by atoms with E-state index in [1.54, 1.807) is 11.8 Å². The number of nitrogens with one attached hydrogen (secondary N) is 2. The predicted molar refractivity (Wildman–Crippen MR) is 87.0 cm³/mol. The number of carbonyl (C=O) groups is 2. The van der Waals surface area contributed by atoms with Gasteiger partial charge in [0.1, 0.15) is 4.38 Å². The molecule has 1 aliphatic carbocycles. The third kappa shape index (κ3) is 4.25. The highest BCUT2D eigenvalue weighted by Gasteiger charge is 2.24. The summed E-state index contributed by atoms with van der Waals surface area (Å²) in [7, 11) is 0. The van der Waals surface area contributed by atoms with Gasteiger partial charge in [0, 0.05) is 11.8 Å². The lowest BCUT2D eigenvalue weighted by atomic mass is 10.2. The summed E-state index contributed by atoms with van der Waals surface area (Å²) in [4.78, 5) is 27.6. The Morgan fingerprint density at radius 2 is 2.14 bits per heavy atom. The Kier molecular flexibility index (Phi) is 4.50. The molecule has 110 valence electrons. The number of aliphatic imine (C=N–C) groups is 1. The first-order valence-corrected chi connectivity index (χ1v) is 8.70. The third-order valence-corrected chi connectivity index (χ3v) is 5.29. The molecule has 1 heterocycles. The van der Waals surface area contributed by atoms with Gasteiger partial charge in [-0.3, -0.25) is 10.1 Å². The molecule has 2 aliphatic rings. The molecule has 0 bridgehead atoms. The van der Waals surface area contributed by atoms with Crippen molar-refractivity contribution in [1.29, 1.82) is 0 Å². The molecule has 0 radical (unpaired) electrons. The number of para-hydroxylation sites is 1. The largest absolute Gasteiger partial charge is 0.335 e. The molecule has 1 aromatic carbocycles. The van der Waals surface area contributed by atoms with Crippen LogP contribution in [0.5, 0.6) is 0 Å². The lowest BCUT2D eigenvalue weighted by molar-refractivity contribution is -0.117. The van der Waals surface area contributed by atoms with Crippen LogP contribution in [0.2, 0.25) is 0 Å². The monoisotopic (exact) mass is 321 g/mol. The number of hydrogen-bond acceptors (Lipinski definition) is 5. The number of rotatable bonds is 3. The standard InChI is InChI=1S/C14H15N3O2S2/c18-12(17-13(19)15-10-5-6-10)8-21-14-16-11-4-2-1-3-9(11)7-20-14/h1-4,10H,5-8H2,(H2,15,17,18,19). The molecule has 0 aromatic heterocycles. The normalized spacial score (nSPS) is 16.7. The third-order valence-electron chi connectivity index (χ3n) is 3.05. The molecule has 2 N–H and O–H groups in total. The van der Waals surface area contributed by atoms with Crippen molar-refractivity contribution in [2.24, 2.45) is 4.99 Å². The van der Waals surface area contributed by atoms with Gasteiger partial charge in [0.05, 0.1) is 11.4 Å². The van der Waals surface area contributed by atoms with Crippen LogP contribution in [-0.2, 0) is 10.5 Å². The highest BCUT2D eigenvalue weighted by molar-refractivity contribution is 8.38. The number of carbonyl (C=O) groups excluding carboxylic acids is 2. The van der Waals surface area contributed by atoms with E-state index in [4.69, 9.17) is 0 Å². The summed E-state index contributed by atoms with van der Waals surface area (Å²) in [5.41, 5.74) is 2.17. The second-order valence-electron chi connectivity index (χ2n) is 4.88. The average Bonchev–Trinajstić information content (AvgIpc) is 3.28. The van der Waals surface area contributed by atoms with Gasteiger partial charge in [0.25, 0.3) is 0 Å². The molecule has 0 spiro atoms. The topological polar surface area (TPSA) is 70.6 Å². The highest BCUT2D eigenvalue weighted by atomic mass is 32.2. The van der Waals surface area contributed by atoms with Gasteiger partial charge in [-0.15, -0.1) is 0 Å². The summed E-state index contributed by atoms with van der Waals surface area (Å²) in [6.45, 7) is 0. The van der Waals surface area contributed by atoms with Gasteiger partial charge in [-0.05, 0) is 24.5 Å². The number of amides is 3. The first kappa shape index (κ1) is 14.5. The van der Waals surface area contributed by atoms with E-state index >= 15 is 0 Å². The van der Waals surface area contributed by atoms with Gasteiger partial charge >= 0.3 is 6.03 Å². The summed E-state index contributed by atoms with van der Waals surface area (Å²) >= 11 is 2.99. The molecule has 0 saturated heterocycles. The summed E-state index contributed by atoms with van der Waals surface area (Å²) in [5, 5.41) is 5.06. The van der Waals surface area contributed by atoms with Crippen molar-refractivity contribution in [2.75, 3.05) is 5.75 Å². The van der Waals surface area contributed by atoms with Gasteiger partial charge in [-0.1, -0.05) is 41.7 Å². The first-order chi connectivity index (χ1) is 10.2. The summed E-state index contributed by atoms with van der Waals surface area (Å²) < 4.78 is 0.867. The zero-order valence-electron chi connectivity index (χ0n) is 11.3. The molecule has 5 nitrogen and oxygen atoms in total. The van der Waals surface area contributed by atoms with E-state index < -0.39 is 6.03 Å². The van der Waals surface area contributed by atoms with Crippen molar-refractivity contribution in [3.8, 4) is 0 Å². The van der Waals surface area contributed by atoms with Crippen molar-refractivity contribution in [1.82, 2.24) is 10.6 Å². The molecular formula is C14H15N3O2S2. The Labute approximate surface area is 131 Å².